The summed E-state index contributed by atoms with van der Waals surface area (Å²) in [6, 6.07) is -0.102. The van der Waals surface area contributed by atoms with E-state index >= 15 is 0 Å². The van der Waals surface area contributed by atoms with E-state index in [2.05, 4.69) is 10.3 Å². The number of halogens is 3. The van der Waals surface area contributed by atoms with Crippen LogP contribution >= 0.6 is 0 Å². The Hall–Kier alpha value is -1.07. The number of aromatic nitrogens is 3. The van der Waals surface area contributed by atoms with Crippen LogP contribution in [-0.2, 0) is 12.6 Å². The summed E-state index contributed by atoms with van der Waals surface area (Å²) in [5.41, 5.74) is -0.668. The second-order valence-electron chi connectivity index (χ2n) is 3.67. The van der Waals surface area contributed by atoms with E-state index in [1.165, 1.54) is 4.68 Å². The highest BCUT2D eigenvalue weighted by Gasteiger charge is 2.38. The number of hydrogen-bond acceptors (Lipinski definition) is 2. The van der Waals surface area contributed by atoms with E-state index in [0.717, 1.165) is 0 Å². The second-order valence-corrected chi connectivity index (χ2v) is 3.67. The minimum Gasteiger partial charge on any atom is -0.246 e. The minimum atomic E-state index is -4.41. The van der Waals surface area contributed by atoms with Gasteiger partial charge < -0.3 is 0 Å². The van der Waals surface area contributed by atoms with Gasteiger partial charge >= 0.3 is 6.18 Å². The Bertz CT molecular complexity index is 328. The molecule has 0 amide bonds. The molecule has 0 aliphatic heterocycles. The van der Waals surface area contributed by atoms with Gasteiger partial charge in [-0.05, 0) is 20.3 Å². The van der Waals surface area contributed by atoms with Gasteiger partial charge in [0.2, 0.25) is 0 Å². The molecule has 0 saturated carbocycles. The zero-order valence-corrected chi connectivity index (χ0v) is 8.97. The van der Waals surface area contributed by atoms with Gasteiger partial charge in [-0.2, -0.15) is 13.2 Å². The van der Waals surface area contributed by atoms with Gasteiger partial charge in [0.15, 0.2) is 5.69 Å². The lowest BCUT2D eigenvalue weighted by molar-refractivity contribution is -0.141. The van der Waals surface area contributed by atoms with Crippen molar-refractivity contribution in [1.82, 2.24) is 15.0 Å². The highest BCUT2D eigenvalue weighted by Crippen LogP contribution is 2.31. The molecule has 86 valence electrons. The molecule has 1 rings (SSSR count). The van der Waals surface area contributed by atoms with Crippen LogP contribution in [0.1, 0.15) is 44.6 Å². The third-order valence-electron chi connectivity index (χ3n) is 2.04. The third-order valence-corrected chi connectivity index (χ3v) is 2.04. The van der Waals surface area contributed by atoms with Crippen LogP contribution in [0.25, 0.3) is 0 Å². The van der Waals surface area contributed by atoms with E-state index in [1.54, 1.807) is 13.8 Å². The summed E-state index contributed by atoms with van der Waals surface area (Å²) < 4.78 is 38.9. The second kappa shape index (κ2) is 4.20. The van der Waals surface area contributed by atoms with E-state index in [0.29, 0.717) is 12.8 Å². The van der Waals surface area contributed by atoms with Crippen LogP contribution in [0.15, 0.2) is 0 Å². The fourth-order valence-electron chi connectivity index (χ4n) is 1.42. The van der Waals surface area contributed by atoms with Crippen molar-refractivity contribution in [2.24, 2.45) is 0 Å². The van der Waals surface area contributed by atoms with E-state index in [-0.39, 0.29) is 11.7 Å². The van der Waals surface area contributed by atoms with Gasteiger partial charge in [0.25, 0.3) is 0 Å². The molecule has 0 aromatic carbocycles. The summed E-state index contributed by atoms with van der Waals surface area (Å²) in [5, 5.41) is 6.76. The van der Waals surface area contributed by atoms with Crippen LogP contribution < -0.4 is 0 Å². The maximum Gasteiger partial charge on any atom is 0.437 e. The van der Waals surface area contributed by atoms with Gasteiger partial charge in [0.1, 0.15) is 0 Å². The maximum atomic E-state index is 12.5. The normalized spacial score (nSPS) is 12.5. The van der Waals surface area contributed by atoms with E-state index in [9.17, 15) is 13.2 Å². The summed E-state index contributed by atoms with van der Waals surface area (Å²) in [6.07, 6.45) is -3.42. The van der Waals surface area contributed by atoms with Crippen molar-refractivity contribution in [2.75, 3.05) is 0 Å². The molecule has 0 N–H and O–H groups in total. The van der Waals surface area contributed by atoms with Crippen LogP contribution in [0, 0.1) is 0 Å². The Kier molecular flexibility index (Phi) is 3.36. The lowest BCUT2D eigenvalue weighted by Gasteiger charge is -2.11. The van der Waals surface area contributed by atoms with Gasteiger partial charge in [-0.1, -0.05) is 18.6 Å². The number of nitrogens with zero attached hydrogens (tertiary/aromatic N) is 3. The molecule has 1 aromatic heterocycles. The van der Waals surface area contributed by atoms with E-state index in [1.807, 2.05) is 6.92 Å². The molecular weight excluding hydrogens is 207 g/mol. The molecule has 0 bridgehead atoms. The van der Waals surface area contributed by atoms with Gasteiger partial charge in [-0.3, -0.25) is 0 Å². The first kappa shape index (κ1) is 12.0. The Labute approximate surface area is 86.3 Å². The quantitative estimate of drug-likeness (QED) is 0.785. The molecule has 3 nitrogen and oxygen atoms in total. The van der Waals surface area contributed by atoms with Gasteiger partial charge in [0.05, 0.1) is 5.69 Å². The lowest BCUT2D eigenvalue weighted by Crippen LogP contribution is -2.13. The Morgan fingerprint density at radius 2 is 1.93 bits per heavy atom. The molecule has 0 atom stereocenters. The lowest BCUT2D eigenvalue weighted by atomic mass is 10.2. The average Bonchev–Trinajstić information content (AvgIpc) is 2.47. The van der Waals surface area contributed by atoms with Crippen molar-refractivity contribution in [2.45, 2.75) is 45.8 Å². The summed E-state index contributed by atoms with van der Waals surface area (Å²) in [7, 11) is 0. The standard InChI is InChI=1S/C9H14F3N3/c1-4-5-7-8(9(10,11)12)13-14-15(7)6(2)3/h6H,4-5H2,1-3H3. The molecule has 0 aliphatic rings. The number of alkyl halides is 3. The molecule has 0 aliphatic carbocycles. The van der Waals surface area contributed by atoms with E-state index < -0.39 is 11.9 Å². The van der Waals surface area contributed by atoms with Crippen molar-refractivity contribution < 1.29 is 13.2 Å². The molecule has 0 fully saturated rings. The Morgan fingerprint density at radius 1 is 1.33 bits per heavy atom. The van der Waals surface area contributed by atoms with Crippen LogP contribution in [0.4, 0.5) is 13.2 Å². The largest absolute Gasteiger partial charge is 0.437 e. The average molecular weight is 221 g/mol. The van der Waals surface area contributed by atoms with Crippen molar-refractivity contribution in [1.29, 1.82) is 0 Å². The summed E-state index contributed by atoms with van der Waals surface area (Å²) in [6.45, 7) is 5.40. The molecule has 0 spiro atoms. The molecule has 1 aromatic rings. The summed E-state index contributed by atoms with van der Waals surface area (Å²) in [5.74, 6) is 0. The van der Waals surface area contributed by atoms with E-state index in [4.69, 9.17) is 0 Å². The molecule has 0 radical (unpaired) electrons. The third kappa shape index (κ3) is 2.49. The topological polar surface area (TPSA) is 30.7 Å². The fourth-order valence-corrected chi connectivity index (χ4v) is 1.42. The molecule has 0 saturated heterocycles. The predicted molar refractivity (Wildman–Crippen MR) is 49.4 cm³/mol. The summed E-state index contributed by atoms with van der Waals surface area (Å²) in [4.78, 5) is 0. The smallest absolute Gasteiger partial charge is 0.246 e. The first-order chi connectivity index (χ1) is 6.88. The molecular formula is C9H14F3N3. The SMILES string of the molecule is CCCc1c(C(F)(F)F)nnn1C(C)C. The zero-order chi connectivity index (χ0) is 11.6. The molecule has 15 heavy (non-hydrogen) atoms. The number of rotatable bonds is 3. The van der Waals surface area contributed by atoms with Crippen molar-refractivity contribution in [3.8, 4) is 0 Å². The van der Waals surface area contributed by atoms with Gasteiger partial charge in [-0.25, -0.2) is 4.68 Å². The van der Waals surface area contributed by atoms with Crippen molar-refractivity contribution >= 4 is 0 Å². The first-order valence-electron chi connectivity index (χ1n) is 4.89. The van der Waals surface area contributed by atoms with Crippen LogP contribution in [0.5, 0.6) is 0 Å². The van der Waals surface area contributed by atoms with Crippen molar-refractivity contribution in [3.63, 3.8) is 0 Å². The number of hydrogen-bond donors (Lipinski definition) is 0. The van der Waals surface area contributed by atoms with Gasteiger partial charge in [-0.15, -0.1) is 5.10 Å². The van der Waals surface area contributed by atoms with Crippen LogP contribution in [0.3, 0.4) is 0 Å². The predicted octanol–water partition coefficient (Wildman–Crippen LogP) is 2.83. The molecule has 0 unspecified atom stereocenters. The fraction of sp³-hybridized carbons (Fsp3) is 0.778. The minimum absolute atomic E-state index is 0.102. The van der Waals surface area contributed by atoms with Crippen LogP contribution in [-0.4, -0.2) is 15.0 Å². The Morgan fingerprint density at radius 3 is 2.33 bits per heavy atom. The van der Waals surface area contributed by atoms with Crippen molar-refractivity contribution in [3.05, 3.63) is 11.4 Å². The zero-order valence-electron chi connectivity index (χ0n) is 8.97. The van der Waals surface area contributed by atoms with Crippen LogP contribution in [0.2, 0.25) is 0 Å². The first-order valence-corrected chi connectivity index (χ1v) is 4.89. The monoisotopic (exact) mass is 221 g/mol. The highest BCUT2D eigenvalue weighted by molar-refractivity contribution is 5.14. The molecule has 1 heterocycles. The summed E-state index contributed by atoms with van der Waals surface area (Å²) >= 11 is 0. The Balaban J connectivity index is 3.18. The highest BCUT2D eigenvalue weighted by atomic mass is 19.4. The molecule has 6 heteroatoms. The van der Waals surface area contributed by atoms with Gasteiger partial charge in [0, 0.05) is 6.04 Å². The maximum absolute atomic E-state index is 12.5.